The smallest absolute Gasteiger partial charge is 0.328 e. The van der Waals surface area contributed by atoms with Crippen LogP contribution in [0.1, 0.15) is 25.8 Å². The van der Waals surface area contributed by atoms with Gasteiger partial charge in [0.15, 0.2) is 0 Å². The largest absolute Gasteiger partial charge is 0.375 e. The maximum absolute atomic E-state index is 12.9. The number of hydrogen-bond acceptors (Lipinski definition) is 5. The van der Waals surface area contributed by atoms with Crippen molar-refractivity contribution in [2.45, 2.75) is 32.4 Å². The summed E-state index contributed by atoms with van der Waals surface area (Å²) in [6, 6.07) is 9.48. The third-order valence-corrected chi connectivity index (χ3v) is 6.05. The van der Waals surface area contributed by atoms with E-state index < -0.39 is 0 Å². The molecule has 1 aliphatic rings. The van der Waals surface area contributed by atoms with Gasteiger partial charge in [-0.05, 0) is 44.5 Å². The average molecular weight is 412 g/mol. The zero-order valence-corrected chi connectivity index (χ0v) is 17.3. The van der Waals surface area contributed by atoms with Gasteiger partial charge in [0.05, 0.1) is 22.3 Å². The number of rotatable bonds is 4. The van der Waals surface area contributed by atoms with E-state index in [1.54, 1.807) is 23.9 Å². The zero-order chi connectivity index (χ0) is 20.8. The Morgan fingerprint density at radius 3 is 2.86 bits per heavy atom. The van der Waals surface area contributed by atoms with E-state index in [1.165, 1.54) is 0 Å². The number of halogens is 1. The summed E-state index contributed by atoms with van der Waals surface area (Å²) in [5, 5.41) is 12.7. The molecule has 3 aromatic rings. The summed E-state index contributed by atoms with van der Waals surface area (Å²) in [6.45, 7) is 5.45. The molecule has 0 bridgehead atoms. The highest BCUT2D eigenvalue weighted by Crippen LogP contribution is 2.33. The number of hydrogen-bond donors (Lipinski definition) is 1. The van der Waals surface area contributed by atoms with Crippen LogP contribution in [0.3, 0.4) is 0 Å². The maximum Gasteiger partial charge on any atom is 0.328 e. The lowest BCUT2D eigenvalue weighted by Crippen LogP contribution is -2.34. The van der Waals surface area contributed by atoms with Gasteiger partial charge in [0.1, 0.15) is 16.8 Å². The number of ether oxygens (including phenoxy) is 1. The molecule has 3 heterocycles. The Hall–Kier alpha value is -2.82. The number of imidazole rings is 1. The summed E-state index contributed by atoms with van der Waals surface area (Å²) in [5.74, 6) is 0.256. The predicted molar refractivity (Wildman–Crippen MR) is 113 cm³/mol. The van der Waals surface area contributed by atoms with Gasteiger partial charge in [-0.15, -0.1) is 0 Å². The van der Waals surface area contributed by atoms with Crippen LogP contribution in [-0.4, -0.2) is 26.3 Å². The van der Waals surface area contributed by atoms with Gasteiger partial charge in [-0.2, -0.15) is 5.26 Å². The van der Waals surface area contributed by atoms with Gasteiger partial charge in [-0.1, -0.05) is 11.6 Å². The number of nitrogens with zero attached hydrogens (tertiary/aromatic N) is 4. The molecule has 0 radical (unpaired) electrons. The summed E-state index contributed by atoms with van der Waals surface area (Å²) in [7, 11) is 1.78. The lowest BCUT2D eigenvalue weighted by atomic mass is 9.91. The first kappa shape index (κ1) is 19.5. The molecule has 29 heavy (non-hydrogen) atoms. The van der Waals surface area contributed by atoms with Crippen molar-refractivity contribution in [2.75, 3.05) is 11.9 Å². The second-order valence-corrected chi connectivity index (χ2v) is 8.21. The Kier molecular flexibility index (Phi) is 4.85. The molecule has 8 heteroatoms. The van der Waals surface area contributed by atoms with Crippen LogP contribution in [0.25, 0.3) is 11.0 Å². The van der Waals surface area contributed by atoms with Crippen LogP contribution < -0.4 is 11.0 Å². The molecule has 150 valence electrons. The lowest BCUT2D eigenvalue weighted by molar-refractivity contribution is 0.00727. The standard InChI is InChI=1S/C21H22ClN5O2/c1-21(2)13(7-9-29-21)12-27-18-10-14(4-5-17(18)26(3)20(27)28)25-16-6-8-24-19(22)15(16)11-23/h4-6,8,10,13H,7,9,12H2,1-3H3,(H,24,25). The minimum atomic E-state index is -0.257. The molecule has 1 N–H and O–H groups in total. The highest BCUT2D eigenvalue weighted by Gasteiger charge is 2.36. The van der Waals surface area contributed by atoms with Gasteiger partial charge >= 0.3 is 5.69 Å². The number of aromatic nitrogens is 3. The summed E-state index contributed by atoms with van der Waals surface area (Å²) in [6.07, 6.45) is 2.47. The Balaban J connectivity index is 1.75. The van der Waals surface area contributed by atoms with E-state index in [-0.39, 0.29) is 27.9 Å². The molecular weight excluding hydrogens is 390 g/mol. The number of nitriles is 1. The van der Waals surface area contributed by atoms with E-state index in [0.717, 1.165) is 23.1 Å². The predicted octanol–water partition coefficient (Wildman–Crippen LogP) is 3.82. The number of pyridine rings is 1. The third-order valence-electron chi connectivity index (χ3n) is 5.77. The van der Waals surface area contributed by atoms with E-state index in [1.807, 2.05) is 22.8 Å². The first-order chi connectivity index (χ1) is 13.8. The van der Waals surface area contributed by atoms with Crippen LogP contribution in [-0.2, 0) is 18.3 Å². The number of nitrogens with one attached hydrogen (secondary N) is 1. The Morgan fingerprint density at radius 1 is 1.38 bits per heavy atom. The number of aryl methyl sites for hydroxylation is 1. The fourth-order valence-corrected chi connectivity index (χ4v) is 4.13. The second kappa shape index (κ2) is 7.21. The molecule has 1 aromatic carbocycles. The summed E-state index contributed by atoms with van der Waals surface area (Å²) < 4.78 is 9.31. The molecule has 0 aliphatic carbocycles. The van der Waals surface area contributed by atoms with Crippen LogP contribution in [0, 0.1) is 17.2 Å². The molecule has 2 aromatic heterocycles. The molecule has 1 aliphatic heterocycles. The van der Waals surface area contributed by atoms with E-state index in [4.69, 9.17) is 16.3 Å². The van der Waals surface area contributed by atoms with Gasteiger partial charge in [0, 0.05) is 38.0 Å². The van der Waals surface area contributed by atoms with Crippen LogP contribution in [0.5, 0.6) is 0 Å². The summed E-state index contributed by atoms with van der Waals surface area (Å²) in [5.41, 5.74) is 3.00. The van der Waals surface area contributed by atoms with Gasteiger partial charge in [0.25, 0.3) is 0 Å². The van der Waals surface area contributed by atoms with Gasteiger partial charge in [-0.25, -0.2) is 9.78 Å². The van der Waals surface area contributed by atoms with Gasteiger partial charge in [-0.3, -0.25) is 9.13 Å². The van der Waals surface area contributed by atoms with Crippen molar-refractivity contribution in [1.29, 1.82) is 5.26 Å². The van der Waals surface area contributed by atoms with Crippen molar-refractivity contribution >= 4 is 34.0 Å². The molecule has 4 rings (SSSR count). The van der Waals surface area contributed by atoms with Crippen molar-refractivity contribution in [3.8, 4) is 6.07 Å². The normalized spacial score (nSPS) is 18.1. The average Bonchev–Trinajstić information content (AvgIpc) is 3.13. The van der Waals surface area contributed by atoms with Crippen LogP contribution in [0.2, 0.25) is 5.15 Å². The minimum absolute atomic E-state index is 0.0514. The number of fused-ring (bicyclic) bond motifs is 1. The maximum atomic E-state index is 12.9. The summed E-state index contributed by atoms with van der Waals surface area (Å²) >= 11 is 6.03. The van der Waals surface area contributed by atoms with Crippen molar-refractivity contribution < 1.29 is 4.74 Å². The minimum Gasteiger partial charge on any atom is -0.375 e. The lowest BCUT2D eigenvalue weighted by Gasteiger charge is -2.26. The van der Waals surface area contributed by atoms with Crippen LogP contribution >= 0.6 is 11.6 Å². The highest BCUT2D eigenvalue weighted by atomic mass is 35.5. The van der Waals surface area contributed by atoms with E-state index in [9.17, 15) is 10.1 Å². The molecule has 0 spiro atoms. The molecule has 0 saturated carbocycles. The monoisotopic (exact) mass is 411 g/mol. The fourth-order valence-electron chi connectivity index (χ4n) is 3.93. The Labute approximate surface area is 173 Å². The molecule has 1 fully saturated rings. The first-order valence-electron chi connectivity index (χ1n) is 9.46. The van der Waals surface area contributed by atoms with E-state index in [0.29, 0.717) is 18.8 Å². The molecule has 7 nitrogen and oxygen atoms in total. The molecule has 1 saturated heterocycles. The SMILES string of the molecule is Cn1c(=O)n(CC2CCOC2(C)C)c2cc(Nc3ccnc(Cl)c3C#N)ccc21. The molecular formula is C21H22ClN5O2. The molecule has 1 atom stereocenters. The second-order valence-electron chi connectivity index (χ2n) is 7.85. The molecule has 1 unspecified atom stereocenters. The molecule has 0 amide bonds. The van der Waals surface area contributed by atoms with Crippen molar-refractivity contribution in [1.82, 2.24) is 14.1 Å². The first-order valence-corrected chi connectivity index (χ1v) is 9.84. The van der Waals surface area contributed by atoms with Crippen molar-refractivity contribution in [2.24, 2.45) is 13.0 Å². The topological polar surface area (TPSA) is 84.9 Å². The fraction of sp³-hybridized carbons (Fsp3) is 0.381. The zero-order valence-electron chi connectivity index (χ0n) is 16.6. The number of benzene rings is 1. The Bertz CT molecular complexity index is 1190. The quantitative estimate of drug-likeness (QED) is 0.659. The van der Waals surface area contributed by atoms with E-state index >= 15 is 0 Å². The van der Waals surface area contributed by atoms with Crippen molar-refractivity contribution in [3.63, 3.8) is 0 Å². The van der Waals surface area contributed by atoms with Crippen LogP contribution in [0.4, 0.5) is 11.4 Å². The van der Waals surface area contributed by atoms with Gasteiger partial charge < -0.3 is 10.1 Å². The third kappa shape index (κ3) is 3.39. The Morgan fingerprint density at radius 2 is 2.17 bits per heavy atom. The van der Waals surface area contributed by atoms with Crippen LogP contribution in [0.15, 0.2) is 35.3 Å². The van der Waals surface area contributed by atoms with Crippen molar-refractivity contribution in [3.05, 3.63) is 51.7 Å². The van der Waals surface area contributed by atoms with E-state index in [2.05, 4.69) is 30.2 Å². The summed E-state index contributed by atoms with van der Waals surface area (Å²) in [4.78, 5) is 16.8. The highest BCUT2D eigenvalue weighted by molar-refractivity contribution is 6.31. The number of anilines is 2. The van der Waals surface area contributed by atoms with Gasteiger partial charge in [0.2, 0.25) is 0 Å².